The fourth-order valence-electron chi connectivity index (χ4n) is 3.34. The number of nitrogens with zero attached hydrogens (tertiary/aromatic N) is 2. The van der Waals surface area contributed by atoms with E-state index in [1.54, 1.807) is 6.92 Å². The van der Waals surface area contributed by atoms with E-state index in [0.717, 1.165) is 35.5 Å². The van der Waals surface area contributed by atoms with Crippen LogP contribution in [-0.2, 0) is 11.8 Å². The van der Waals surface area contributed by atoms with Crippen molar-refractivity contribution in [3.05, 3.63) is 59.7 Å². The SMILES string of the molecule is CCC(C)C(C)(C)Oc1ccc(C=NN(C)[P+](=S)C(C)(CC)Oc2ccc(C(C)O)cc2)cc1. The Morgan fingerprint density at radius 1 is 1.00 bits per heavy atom. The summed E-state index contributed by atoms with van der Waals surface area (Å²) in [6, 6.07) is 15.5. The number of ether oxygens (including phenoxy) is 2. The van der Waals surface area contributed by atoms with E-state index < -0.39 is 18.3 Å². The molecule has 2 aromatic rings. The molecule has 0 heterocycles. The molecule has 186 valence electrons. The second-order valence-electron chi connectivity index (χ2n) is 9.47. The van der Waals surface area contributed by atoms with E-state index in [0.29, 0.717) is 5.92 Å². The number of hydrogen-bond donors (Lipinski definition) is 1. The third-order valence-corrected chi connectivity index (χ3v) is 10.2. The number of benzene rings is 2. The van der Waals surface area contributed by atoms with Crippen LogP contribution in [0.2, 0.25) is 0 Å². The van der Waals surface area contributed by atoms with Crippen molar-refractivity contribution in [3.63, 3.8) is 0 Å². The molecule has 0 aliphatic rings. The maximum Gasteiger partial charge on any atom is 0.358 e. The third-order valence-electron chi connectivity index (χ3n) is 6.46. The fraction of sp³-hybridized carbons (Fsp3) is 0.519. The lowest BCUT2D eigenvalue weighted by Gasteiger charge is -2.32. The number of hydrogen-bond acceptors (Lipinski definition) is 5. The summed E-state index contributed by atoms with van der Waals surface area (Å²) in [5.74, 6) is 2.05. The molecule has 4 atom stereocenters. The van der Waals surface area contributed by atoms with Gasteiger partial charge in [0.1, 0.15) is 17.1 Å². The van der Waals surface area contributed by atoms with Gasteiger partial charge in [-0.2, -0.15) is 0 Å². The van der Waals surface area contributed by atoms with E-state index in [-0.39, 0.29) is 5.60 Å². The standard InChI is InChI=1S/C27H40N2O3PS/c1-9-20(3)26(5,6)31-24-15-11-22(12-16-24)19-28-29(8)33(34)27(7,10-2)32-25-17-13-23(14-18-25)21(4)30/h11-21,30H,9-10H2,1-8H3/q+1. The predicted octanol–water partition coefficient (Wildman–Crippen LogP) is 7.27. The van der Waals surface area contributed by atoms with Gasteiger partial charge in [0, 0.05) is 13.3 Å². The molecular weight excluding hydrogens is 463 g/mol. The largest absolute Gasteiger partial charge is 0.488 e. The van der Waals surface area contributed by atoms with Crippen LogP contribution in [0.1, 0.15) is 78.5 Å². The van der Waals surface area contributed by atoms with Crippen molar-refractivity contribution in [2.24, 2.45) is 11.0 Å². The number of aliphatic hydroxyl groups is 1. The molecule has 0 bridgehead atoms. The molecule has 0 fully saturated rings. The Bertz CT molecular complexity index is 961. The van der Waals surface area contributed by atoms with Gasteiger partial charge in [-0.05, 0) is 80.6 Å². The Kier molecular flexibility index (Phi) is 10.0. The summed E-state index contributed by atoms with van der Waals surface area (Å²) in [7, 11) is 1.90. The molecule has 5 nitrogen and oxygen atoms in total. The van der Waals surface area contributed by atoms with Crippen LogP contribution >= 0.6 is 6.85 Å². The number of aliphatic hydroxyl groups excluding tert-OH is 1. The van der Waals surface area contributed by atoms with Crippen molar-refractivity contribution in [1.82, 2.24) is 4.78 Å². The van der Waals surface area contributed by atoms with E-state index in [9.17, 15) is 5.11 Å². The highest BCUT2D eigenvalue weighted by Crippen LogP contribution is 2.45. The van der Waals surface area contributed by atoms with Gasteiger partial charge in [0.05, 0.1) is 19.4 Å². The van der Waals surface area contributed by atoms with E-state index in [1.807, 2.05) is 73.5 Å². The molecule has 0 radical (unpaired) electrons. The molecule has 2 rings (SSSR count). The zero-order chi connectivity index (χ0) is 25.5. The lowest BCUT2D eigenvalue weighted by molar-refractivity contribution is 0.0501. The van der Waals surface area contributed by atoms with Crippen molar-refractivity contribution < 1.29 is 14.6 Å². The van der Waals surface area contributed by atoms with E-state index in [1.165, 1.54) is 0 Å². The first-order valence-electron chi connectivity index (χ1n) is 11.9. The monoisotopic (exact) mass is 503 g/mol. The molecule has 0 aliphatic carbocycles. The molecule has 0 aromatic heterocycles. The molecule has 2 aromatic carbocycles. The first-order valence-corrected chi connectivity index (χ1v) is 14.2. The molecule has 1 N–H and O–H groups in total. The molecule has 0 saturated carbocycles. The summed E-state index contributed by atoms with van der Waals surface area (Å²) in [4.78, 5) is 0. The van der Waals surface area contributed by atoms with Crippen LogP contribution in [0.5, 0.6) is 11.5 Å². The van der Waals surface area contributed by atoms with E-state index in [4.69, 9.17) is 21.3 Å². The summed E-state index contributed by atoms with van der Waals surface area (Å²) in [6.45, 7) is 13.4. The van der Waals surface area contributed by atoms with Crippen molar-refractivity contribution >= 4 is 24.9 Å². The topological polar surface area (TPSA) is 54.3 Å². The lowest BCUT2D eigenvalue weighted by atomic mass is 9.90. The maximum atomic E-state index is 9.72. The number of hydrazone groups is 1. The molecule has 34 heavy (non-hydrogen) atoms. The Morgan fingerprint density at radius 3 is 2.03 bits per heavy atom. The first-order chi connectivity index (χ1) is 15.9. The molecule has 0 spiro atoms. The zero-order valence-corrected chi connectivity index (χ0v) is 23.5. The van der Waals surface area contributed by atoms with E-state index in [2.05, 4.69) is 39.7 Å². The Balaban J connectivity index is 2.05. The summed E-state index contributed by atoms with van der Waals surface area (Å²) in [6.07, 6.45) is 3.13. The predicted molar refractivity (Wildman–Crippen MR) is 147 cm³/mol. The van der Waals surface area contributed by atoms with Gasteiger partial charge >= 0.3 is 6.85 Å². The van der Waals surface area contributed by atoms with Gasteiger partial charge in [-0.25, -0.2) is 0 Å². The minimum absolute atomic E-state index is 0.218. The van der Waals surface area contributed by atoms with Gasteiger partial charge in [-0.1, -0.05) is 32.9 Å². The van der Waals surface area contributed by atoms with Crippen LogP contribution in [0.3, 0.4) is 0 Å². The van der Waals surface area contributed by atoms with Crippen LogP contribution in [0.4, 0.5) is 0 Å². The minimum Gasteiger partial charge on any atom is -0.488 e. The molecule has 0 amide bonds. The van der Waals surface area contributed by atoms with Gasteiger partial charge in [0.25, 0.3) is 5.34 Å². The average Bonchev–Trinajstić information content (AvgIpc) is 2.82. The third kappa shape index (κ3) is 7.49. The van der Waals surface area contributed by atoms with Crippen LogP contribution in [0, 0.1) is 5.92 Å². The van der Waals surface area contributed by atoms with Gasteiger partial charge < -0.3 is 14.6 Å². The smallest absolute Gasteiger partial charge is 0.358 e. The Labute approximate surface area is 211 Å². The molecule has 4 unspecified atom stereocenters. The van der Waals surface area contributed by atoms with Gasteiger partial charge in [0.15, 0.2) is 11.8 Å². The van der Waals surface area contributed by atoms with Crippen molar-refractivity contribution in [2.45, 2.75) is 78.4 Å². The highest BCUT2D eigenvalue weighted by atomic mass is 32.4. The molecule has 0 aliphatic heterocycles. The zero-order valence-electron chi connectivity index (χ0n) is 21.8. The Morgan fingerprint density at radius 2 is 1.53 bits per heavy atom. The summed E-state index contributed by atoms with van der Waals surface area (Å²) >= 11 is 5.88. The van der Waals surface area contributed by atoms with Crippen LogP contribution in [0.25, 0.3) is 0 Å². The minimum atomic E-state index is -1.14. The van der Waals surface area contributed by atoms with Crippen LogP contribution in [0.15, 0.2) is 53.6 Å². The number of rotatable bonds is 12. The normalized spacial score (nSPS) is 16.0. The average molecular weight is 504 g/mol. The van der Waals surface area contributed by atoms with Gasteiger partial charge in [0.2, 0.25) is 0 Å². The molecule has 0 saturated heterocycles. The molecule has 7 heteroatoms. The maximum absolute atomic E-state index is 9.72. The van der Waals surface area contributed by atoms with Crippen molar-refractivity contribution in [3.8, 4) is 11.5 Å². The summed E-state index contributed by atoms with van der Waals surface area (Å²) in [5, 5.41) is 13.8. The quantitative estimate of drug-likeness (QED) is 0.187. The highest BCUT2D eigenvalue weighted by molar-refractivity contribution is 8.04. The summed E-state index contributed by atoms with van der Waals surface area (Å²) in [5.41, 5.74) is 1.61. The fourth-order valence-corrected chi connectivity index (χ4v) is 5.17. The second-order valence-corrected chi connectivity index (χ2v) is 12.6. The first kappa shape index (κ1) is 28.2. The van der Waals surface area contributed by atoms with E-state index >= 15 is 0 Å². The highest BCUT2D eigenvalue weighted by Gasteiger charge is 2.45. The van der Waals surface area contributed by atoms with Crippen molar-refractivity contribution in [1.29, 1.82) is 0 Å². The Hall–Kier alpha value is -2.01. The van der Waals surface area contributed by atoms with Gasteiger partial charge in [-0.3, -0.25) is 0 Å². The summed E-state index contributed by atoms with van der Waals surface area (Å²) < 4.78 is 14.4. The van der Waals surface area contributed by atoms with Crippen LogP contribution in [-0.4, -0.2) is 34.1 Å². The molecular formula is C27H40N2O3PS+. The lowest BCUT2D eigenvalue weighted by Crippen LogP contribution is -2.35. The second kappa shape index (κ2) is 12.1. The van der Waals surface area contributed by atoms with Gasteiger partial charge in [-0.15, -0.1) is 9.88 Å². The van der Waals surface area contributed by atoms with Crippen LogP contribution < -0.4 is 9.47 Å². The van der Waals surface area contributed by atoms with Crippen molar-refractivity contribution in [2.75, 3.05) is 7.05 Å².